The molecule has 1 atom stereocenters. The summed E-state index contributed by atoms with van der Waals surface area (Å²) in [6.45, 7) is 1.59. The number of methoxy groups -OCH3 is 1. The molecule has 1 amide bonds. The summed E-state index contributed by atoms with van der Waals surface area (Å²) in [5.41, 5.74) is 5.66. The molecule has 0 saturated carbocycles. The van der Waals surface area contributed by atoms with Crippen LogP contribution in [0.5, 0.6) is 5.75 Å². The summed E-state index contributed by atoms with van der Waals surface area (Å²) in [5, 5.41) is 3.82. The summed E-state index contributed by atoms with van der Waals surface area (Å²) < 4.78 is 14.9. The van der Waals surface area contributed by atoms with Crippen LogP contribution >= 0.6 is 0 Å². The monoisotopic (exact) mass is 263 g/mol. The Morgan fingerprint density at radius 1 is 1.47 bits per heavy atom. The van der Waals surface area contributed by atoms with Crippen molar-refractivity contribution in [2.75, 3.05) is 7.11 Å². The molecule has 2 aromatic rings. The van der Waals surface area contributed by atoms with E-state index in [4.69, 9.17) is 19.7 Å². The summed E-state index contributed by atoms with van der Waals surface area (Å²) in [7, 11) is 1.57. The van der Waals surface area contributed by atoms with Crippen molar-refractivity contribution in [2.45, 2.75) is 13.0 Å². The molecule has 2 N–H and O–H groups in total. The number of ether oxygens (including phenoxy) is 2. The number of carbonyl (C=O) groups is 1. The number of benzene rings is 1. The average Bonchev–Trinajstić information content (AvgIpc) is 2.88. The van der Waals surface area contributed by atoms with Crippen LogP contribution in [0.3, 0.4) is 0 Å². The minimum atomic E-state index is -0.895. The number of aromatic nitrogens is 2. The molecular weight excluding hydrogens is 250 g/mol. The van der Waals surface area contributed by atoms with Crippen LogP contribution in [0.1, 0.15) is 18.9 Å². The van der Waals surface area contributed by atoms with E-state index in [1.54, 1.807) is 20.1 Å². The Bertz CT molecular complexity index is 582. The fraction of sp³-hybridized carbons (Fsp3) is 0.250. The van der Waals surface area contributed by atoms with Gasteiger partial charge in [-0.2, -0.15) is 4.98 Å². The van der Waals surface area contributed by atoms with Crippen molar-refractivity contribution in [3.05, 3.63) is 30.2 Å². The van der Waals surface area contributed by atoms with Crippen molar-refractivity contribution >= 4 is 6.09 Å². The van der Waals surface area contributed by atoms with E-state index in [1.807, 2.05) is 18.2 Å². The summed E-state index contributed by atoms with van der Waals surface area (Å²) in [5.74, 6) is 1.25. The molecule has 100 valence electrons. The van der Waals surface area contributed by atoms with Crippen molar-refractivity contribution in [1.82, 2.24) is 10.1 Å². The van der Waals surface area contributed by atoms with Gasteiger partial charge in [-0.15, -0.1) is 0 Å². The normalized spacial score (nSPS) is 11.9. The van der Waals surface area contributed by atoms with Gasteiger partial charge >= 0.3 is 6.09 Å². The fourth-order valence-electron chi connectivity index (χ4n) is 1.50. The molecule has 1 heterocycles. The highest BCUT2D eigenvalue weighted by Crippen LogP contribution is 2.23. The number of nitrogens with two attached hydrogens (primary N) is 1. The molecule has 19 heavy (non-hydrogen) atoms. The number of hydrogen-bond donors (Lipinski definition) is 1. The van der Waals surface area contributed by atoms with Gasteiger partial charge in [0.05, 0.1) is 7.11 Å². The van der Waals surface area contributed by atoms with Crippen LogP contribution in [-0.2, 0) is 4.74 Å². The van der Waals surface area contributed by atoms with E-state index in [0.29, 0.717) is 11.6 Å². The molecule has 0 fully saturated rings. The highest BCUT2D eigenvalue weighted by molar-refractivity contribution is 5.64. The van der Waals surface area contributed by atoms with Crippen LogP contribution in [0.15, 0.2) is 28.8 Å². The molecule has 1 aromatic carbocycles. The van der Waals surface area contributed by atoms with Gasteiger partial charge in [0.15, 0.2) is 6.10 Å². The molecule has 2 rings (SSSR count). The van der Waals surface area contributed by atoms with E-state index in [1.165, 1.54) is 0 Å². The lowest BCUT2D eigenvalue weighted by Crippen LogP contribution is -2.15. The number of amides is 1. The van der Waals surface area contributed by atoms with Crippen molar-refractivity contribution in [2.24, 2.45) is 5.73 Å². The van der Waals surface area contributed by atoms with E-state index >= 15 is 0 Å². The van der Waals surface area contributed by atoms with Gasteiger partial charge < -0.3 is 19.7 Å². The third kappa shape index (κ3) is 3.01. The maximum absolute atomic E-state index is 10.6. The van der Waals surface area contributed by atoms with Gasteiger partial charge in [0.1, 0.15) is 5.75 Å². The fourth-order valence-corrected chi connectivity index (χ4v) is 1.50. The zero-order chi connectivity index (χ0) is 13.8. The molecule has 0 bridgehead atoms. The molecule has 0 unspecified atom stereocenters. The molecule has 0 spiro atoms. The molecule has 0 radical (unpaired) electrons. The second-order valence-electron chi connectivity index (χ2n) is 3.77. The summed E-state index contributed by atoms with van der Waals surface area (Å²) >= 11 is 0. The van der Waals surface area contributed by atoms with Crippen molar-refractivity contribution < 1.29 is 18.8 Å². The Morgan fingerprint density at radius 2 is 2.26 bits per heavy atom. The lowest BCUT2D eigenvalue weighted by atomic mass is 10.2. The van der Waals surface area contributed by atoms with Gasteiger partial charge in [0, 0.05) is 5.56 Å². The number of carbonyl (C=O) groups excluding carboxylic acids is 1. The summed E-state index contributed by atoms with van der Waals surface area (Å²) in [6.07, 6.45) is -1.59. The summed E-state index contributed by atoms with van der Waals surface area (Å²) in [4.78, 5) is 14.8. The van der Waals surface area contributed by atoms with Crippen LogP contribution < -0.4 is 10.5 Å². The Kier molecular flexibility index (Phi) is 3.65. The zero-order valence-electron chi connectivity index (χ0n) is 10.5. The highest BCUT2D eigenvalue weighted by Gasteiger charge is 2.18. The minimum absolute atomic E-state index is 0.177. The molecule has 0 aliphatic rings. The van der Waals surface area contributed by atoms with E-state index in [-0.39, 0.29) is 5.89 Å². The maximum atomic E-state index is 10.6. The van der Waals surface area contributed by atoms with Gasteiger partial charge in [-0.1, -0.05) is 17.3 Å². The van der Waals surface area contributed by atoms with Crippen LogP contribution in [-0.4, -0.2) is 23.3 Å². The molecular formula is C12H13N3O4. The van der Waals surface area contributed by atoms with Gasteiger partial charge in [-0.25, -0.2) is 4.79 Å². The maximum Gasteiger partial charge on any atom is 0.405 e. The largest absolute Gasteiger partial charge is 0.497 e. The van der Waals surface area contributed by atoms with Crippen LogP contribution in [0.25, 0.3) is 11.4 Å². The highest BCUT2D eigenvalue weighted by atomic mass is 16.6. The number of hydrogen-bond acceptors (Lipinski definition) is 6. The molecule has 1 aromatic heterocycles. The Morgan fingerprint density at radius 3 is 2.95 bits per heavy atom. The third-order valence-corrected chi connectivity index (χ3v) is 2.41. The van der Waals surface area contributed by atoms with E-state index < -0.39 is 12.2 Å². The zero-order valence-corrected chi connectivity index (χ0v) is 10.5. The van der Waals surface area contributed by atoms with Crippen LogP contribution in [0.2, 0.25) is 0 Å². The van der Waals surface area contributed by atoms with Crippen LogP contribution in [0.4, 0.5) is 4.79 Å². The molecule has 0 aliphatic heterocycles. The second kappa shape index (κ2) is 5.38. The molecule has 0 saturated heterocycles. The average molecular weight is 263 g/mol. The van der Waals surface area contributed by atoms with Gasteiger partial charge in [0.25, 0.3) is 5.89 Å². The number of primary amides is 1. The summed E-state index contributed by atoms with van der Waals surface area (Å²) in [6, 6.07) is 7.21. The molecule has 7 nitrogen and oxygen atoms in total. The predicted molar refractivity (Wildman–Crippen MR) is 65.4 cm³/mol. The molecule has 7 heteroatoms. The van der Waals surface area contributed by atoms with Crippen molar-refractivity contribution in [1.29, 1.82) is 0 Å². The topological polar surface area (TPSA) is 100 Å². The van der Waals surface area contributed by atoms with E-state index in [9.17, 15) is 4.79 Å². The van der Waals surface area contributed by atoms with Crippen LogP contribution in [0, 0.1) is 0 Å². The van der Waals surface area contributed by atoms with Crippen molar-refractivity contribution in [3.63, 3.8) is 0 Å². The Balaban J connectivity index is 2.22. The Labute approximate surface area is 109 Å². The van der Waals surface area contributed by atoms with Gasteiger partial charge in [-0.05, 0) is 19.1 Å². The first-order chi connectivity index (χ1) is 9.10. The first kappa shape index (κ1) is 12.9. The standard InChI is InChI=1S/C12H13N3O4/c1-7(18-12(13)16)11-14-10(15-19-11)8-4-3-5-9(6-8)17-2/h3-7H,1-2H3,(H2,13,16)/t7-/m0/s1. The van der Waals surface area contributed by atoms with Gasteiger partial charge in [0.2, 0.25) is 5.82 Å². The predicted octanol–water partition coefficient (Wildman–Crippen LogP) is 1.90. The lowest BCUT2D eigenvalue weighted by Gasteiger charge is -2.04. The number of rotatable bonds is 4. The lowest BCUT2D eigenvalue weighted by molar-refractivity contribution is 0.0959. The minimum Gasteiger partial charge on any atom is -0.497 e. The quantitative estimate of drug-likeness (QED) is 0.904. The van der Waals surface area contributed by atoms with Crippen molar-refractivity contribution in [3.8, 4) is 17.1 Å². The molecule has 0 aliphatic carbocycles. The number of nitrogens with zero attached hydrogens (tertiary/aromatic N) is 2. The first-order valence-electron chi connectivity index (χ1n) is 5.54. The smallest absolute Gasteiger partial charge is 0.405 e. The Hall–Kier alpha value is -2.57. The van der Waals surface area contributed by atoms with E-state index in [0.717, 1.165) is 5.56 Å². The first-order valence-corrected chi connectivity index (χ1v) is 5.54. The van der Waals surface area contributed by atoms with E-state index in [2.05, 4.69) is 10.1 Å². The third-order valence-electron chi connectivity index (χ3n) is 2.41. The SMILES string of the molecule is COc1cccc(-c2noc([C@H](C)OC(N)=O)n2)c1. The van der Waals surface area contributed by atoms with Gasteiger partial charge in [-0.3, -0.25) is 0 Å². The second-order valence-corrected chi connectivity index (χ2v) is 3.77.